The van der Waals surface area contributed by atoms with Crippen LogP contribution in [0.4, 0.5) is 24.8 Å². The first-order valence-electron chi connectivity index (χ1n) is 12.3. The Labute approximate surface area is 203 Å². The van der Waals surface area contributed by atoms with Gasteiger partial charge in [-0.2, -0.15) is 13.2 Å². The summed E-state index contributed by atoms with van der Waals surface area (Å²) >= 11 is 1.77. The van der Waals surface area contributed by atoms with Crippen LogP contribution in [0.2, 0.25) is 0 Å². The smallest absolute Gasteiger partial charge is 0.367 e. The van der Waals surface area contributed by atoms with E-state index in [-0.39, 0.29) is 0 Å². The zero-order chi connectivity index (χ0) is 23.7. The second-order valence-electron chi connectivity index (χ2n) is 9.71. The van der Waals surface area contributed by atoms with E-state index in [0.29, 0.717) is 12.0 Å². The fraction of sp³-hybridized carbons (Fsp3) is 0.667. The third kappa shape index (κ3) is 5.03. The minimum atomic E-state index is -4.28. The maximum Gasteiger partial charge on any atom is 0.416 e. The van der Waals surface area contributed by atoms with E-state index < -0.39 is 11.7 Å². The van der Waals surface area contributed by atoms with Crippen molar-refractivity contribution in [3.05, 3.63) is 29.8 Å². The Morgan fingerprint density at radius 1 is 1.00 bits per heavy atom. The van der Waals surface area contributed by atoms with E-state index in [1.54, 1.807) is 23.9 Å². The number of likely N-dealkylation sites (tertiary alicyclic amines) is 1. The molecule has 0 saturated carbocycles. The van der Waals surface area contributed by atoms with Gasteiger partial charge >= 0.3 is 6.18 Å². The quantitative estimate of drug-likeness (QED) is 0.417. The van der Waals surface area contributed by atoms with Crippen LogP contribution in [-0.4, -0.2) is 70.7 Å². The standard InChI is InChI=1S/C24H33F3N6S/c1-30-22(32-12-3-2-4-13-32)28-29-23(30)34-15-5-11-31-16-18-10-14-33(21(18)17-31)20-8-6-19(7-9-20)24(25,26)27/h6-9,18,21H,2-5,10-17H2,1H3. The van der Waals surface area contributed by atoms with Gasteiger partial charge in [0, 0.05) is 57.3 Å². The number of piperidine rings is 1. The van der Waals surface area contributed by atoms with Gasteiger partial charge in [-0.05, 0) is 68.8 Å². The maximum atomic E-state index is 12.9. The molecule has 2 aromatic rings. The zero-order valence-electron chi connectivity index (χ0n) is 19.7. The van der Waals surface area contributed by atoms with Crippen molar-refractivity contribution in [1.82, 2.24) is 19.7 Å². The summed E-state index contributed by atoms with van der Waals surface area (Å²) in [6.45, 7) is 6.16. The second-order valence-corrected chi connectivity index (χ2v) is 10.8. The zero-order valence-corrected chi connectivity index (χ0v) is 20.5. The predicted octanol–water partition coefficient (Wildman–Crippen LogP) is 4.52. The fourth-order valence-corrected chi connectivity index (χ4v) is 6.48. The van der Waals surface area contributed by atoms with Crippen LogP contribution in [0, 0.1) is 5.92 Å². The predicted molar refractivity (Wildman–Crippen MR) is 130 cm³/mol. The highest BCUT2D eigenvalue weighted by Crippen LogP contribution is 2.37. The van der Waals surface area contributed by atoms with Crippen LogP contribution in [-0.2, 0) is 13.2 Å². The second kappa shape index (κ2) is 9.97. The summed E-state index contributed by atoms with van der Waals surface area (Å²) in [6, 6.07) is 6.06. The molecule has 4 heterocycles. The van der Waals surface area contributed by atoms with Gasteiger partial charge in [0.2, 0.25) is 5.95 Å². The molecule has 0 radical (unpaired) electrons. The molecule has 0 amide bonds. The molecule has 0 spiro atoms. The highest BCUT2D eigenvalue weighted by Gasteiger charge is 2.41. The Bertz CT molecular complexity index is 957. The molecular weight excluding hydrogens is 461 g/mol. The Hall–Kier alpha value is -1.94. The summed E-state index contributed by atoms with van der Waals surface area (Å²) in [5, 5.41) is 9.82. The average Bonchev–Trinajstić information content (AvgIpc) is 3.51. The van der Waals surface area contributed by atoms with Crippen molar-refractivity contribution < 1.29 is 13.2 Å². The summed E-state index contributed by atoms with van der Waals surface area (Å²) in [7, 11) is 2.06. The van der Waals surface area contributed by atoms with Gasteiger partial charge in [0.1, 0.15) is 0 Å². The van der Waals surface area contributed by atoms with Crippen molar-refractivity contribution >= 4 is 23.4 Å². The van der Waals surface area contributed by atoms with Crippen LogP contribution in [0.3, 0.4) is 0 Å². The van der Waals surface area contributed by atoms with E-state index >= 15 is 0 Å². The molecule has 5 rings (SSSR count). The van der Waals surface area contributed by atoms with Gasteiger partial charge in [-0.25, -0.2) is 0 Å². The lowest BCUT2D eigenvalue weighted by Crippen LogP contribution is -2.35. The highest BCUT2D eigenvalue weighted by atomic mass is 32.2. The van der Waals surface area contributed by atoms with E-state index in [2.05, 4.69) is 36.5 Å². The Balaban J connectivity index is 1.09. The topological polar surface area (TPSA) is 40.4 Å². The molecule has 34 heavy (non-hydrogen) atoms. The average molecular weight is 495 g/mol. The molecule has 3 aliphatic heterocycles. The number of thioether (sulfide) groups is 1. The summed E-state index contributed by atoms with van der Waals surface area (Å²) in [6.07, 6.45) is 1.66. The molecule has 186 valence electrons. The third-order valence-corrected chi connectivity index (χ3v) is 8.56. The highest BCUT2D eigenvalue weighted by molar-refractivity contribution is 7.99. The number of alkyl halides is 3. The SMILES string of the molecule is Cn1c(SCCCN2CC3CCN(c4ccc(C(F)(F)F)cc4)C3C2)nnc1N1CCCCC1. The van der Waals surface area contributed by atoms with Crippen molar-refractivity contribution in [1.29, 1.82) is 0 Å². The van der Waals surface area contributed by atoms with Crippen molar-refractivity contribution in [2.45, 2.75) is 49.5 Å². The Morgan fingerprint density at radius 3 is 2.50 bits per heavy atom. The molecular formula is C24H33F3N6S. The normalized spacial score (nSPS) is 23.6. The maximum absolute atomic E-state index is 12.9. The third-order valence-electron chi connectivity index (χ3n) is 7.45. The summed E-state index contributed by atoms with van der Waals surface area (Å²) in [5.41, 5.74) is 0.327. The van der Waals surface area contributed by atoms with Crippen LogP contribution in [0.5, 0.6) is 0 Å². The van der Waals surface area contributed by atoms with Crippen molar-refractivity contribution in [3.8, 4) is 0 Å². The first-order valence-corrected chi connectivity index (χ1v) is 13.3. The number of halogens is 3. The first kappa shape index (κ1) is 23.8. The number of hydrogen-bond acceptors (Lipinski definition) is 6. The molecule has 1 aromatic heterocycles. The van der Waals surface area contributed by atoms with E-state index in [9.17, 15) is 13.2 Å². The van der Waals surface area contributed by atoms with E-state index in [1.165, 1.54) is 31.4 Å². The van der Waals surface area contributed by atoms with Crippen molar-refractivity contribution in [3.63, 3.8) is 0 Å². The lowest BCUT2D eigenvalue weighted by atomic mass is 10.0. The number of nitrogens with zero attached hydrogens (tertiary/aromatic N) is 6. The van der Waals surface area contributed by atoms with Crippen LogP contribution in [0.15, 0.2) is 29.4 Å². The number of hydrogen-bond donors (Lipinski definition) is 0. The lowest BCUT2D eigenvalue weighted by molar-refractivity contribution is -0.137. The molecule has 0 bridgehead atoms. The monoisotopic (exact) mass is 494 g/mol. The van der Waals surface area contributed by atoms with E-state index in [4.69, 9.17) is 0 Å². The minimum Gasteiger partial charge on any atom is -0.367 e. The first-order chi connectivity index (χ1) is 16.4. The van der Waals surface area contributed by atoms with Crippen molar-refractivity contribution in [2.75, 3.05) is 54.8 Å². The number of fused-ring (bicyclic) bond motifs is 1. The van der Waals surface area contributed by atoms with Gasteiger partial charge in [-0.1, -0.05) is 11.8 Å². The molecule has 2 unspecified atom stereocenters. The van der Waals surface area contributed by atoms with Gasteiger partial charge in [0.15, 0.2) is 5.16 Å². The van der Waals surface area contributed by atoms with Crippen LogP contribution >= 0.6 is 11.8 Å². The molecule has 3 fully saturated rings. The van der Waals surface area contributed by atoms with Crippen LogP contribution in [0.25, 0.3) is 0 Å². The van der Waals surface area contributed by atoms with Crippen molar-refractivity contribution in [2.24, 2.45) is 13.0 Å². The molecule has 2 atom stereocenters. The van der Waals surface area contributed by atoms with Gasteiger partial charge in [-0.15, -0.1) is 10.2 Å². The molecule has 0 aliphatic carbocycles. The summed E-state index contributed by atoms with van der Waals surface area (Å²) < 4.78 is 40.8. The molecule has 10 heteroatoms. The summed E-state index contributed by atoms with van der Waals surface area (Å²) in [5.74, 6) is 2.58. The van der Waals surface area contributed by atoms with Crippen LogP contribution in [0.1, 0.15) is 37.7 Å². The van der Waals surface area contributed by atoms with Gasteiger partial charge in [0.05, 0.1) is 5.56 Å². The molecule has 3 aliphatic rings. The largest absolute Gasteiger partial charge is 0.416 e. The summed E-state index contributed by atoms with van der Waals surface area (Å²) in [4.78, 5) is 7.16. The number of rotatable bonds is 7. The van der Waals surface area contributed by atoms with Gasteiger partial charge in [-0.3, -0.25) is 4.57 Å². The van der Waals surface area contributed by atoms with Crippen LogP contribution < -0.4 is 9.80 Å². The molecule has 3 saturated heterocycles. The minimum absolute atomic E-state index is 0.398. The lowest BCUT2D eigenvalue weighted by Gasteiger charge is -2.27. The molecule has 1 aromatic carbocycles. The Kier molecular flexibility index (Phi) is 6.97. The fourth-order valence-electron chi connectivity index (χ4n) is 5.65. The number of aromatic nitrogens is 3. The van der Waals surface area contributed by atoms with E-state index in [1.807, 2.05) is 0 Å². The van der Waals surface area contributed by atoms with Gasteiger partial charge < -0.3 is 14.7 Å². The number of benzene rings is 1. The van der Waals surface area contributed by atoms with Gasteiger partial charge in [0.25, 0.3) is 0 Å². The number of anilines is 2. The van der Waals surface area contributed by atoms with E-state index in [0.717, 1.165) is 74.7 Å². The molecule has 0 N–H and O–H groups in total. The Morgan fingerprint density at radius 2 is 1.76 bits per heavy atom. The molecule has 6 nitrogen and oxygen atoms in total.